The van der Waals surface area contributed by atoms with Gasteiger partial charge in [-0.1, -0.05) is 48.5 Å². The van der Waals surface area contributed by atoms with Gasteiger partial charge >= 0.3 is 0 Å². The van der Waals surface area contributed by atoms with Gasteiger partial charge in [-0.25, -0.2) is 26.3 Å². The second kappa shape index (κ2) is 7.02. The van der Waals surface area contributed by atoms with Crippen molar-refractivity contribution in [3.8, 4) is 11.1 Å². The Hall–Kier alpha value is -1.90. The summed E-state index contributed by atoms with van der Waals surface area (Å²) in [6, 6.07) is 11.2. The first-order valence-corrected chi connectivity index (χ1v) is 9.98. The van der Waals surface area contributed by atoms with Crippen LogP contribution in [0.25, 0.3) is 11.1 Å². The third-order valence-corrected chi connectivity index (χ3v) is 5.08. The van der Waals surface area contributed by atoms with Gasteiger partial charge in [0.05, 0.1) is 12.8 Å². The van der Waals surface area contributed by atoms with Gasteiger partial charge in [-0.3, -0.25) is 0 Å². The van der Waals surface area contributed by atoms with Crippen LogP contribution in [0.3, 0.4) is 0 Å². The molecule has 1 aliphatic rings. The third kappa shape index (κ3) is 4.08. The number of sulfonamides is 1. The van der Waals surface area contributed by atoms with Crippen molar-refractivity contribution in [3.63, 3.8) is 0 Å². The summed E-state index contributed by atoms with van der Waals surface area (Å²) in [5.41, 5.74) is 1.31. The fourth-order valence-corrected chi connectivity index (χ4v) is 3.99. The standard InChI is InChI=1S/C18H19F3N2O2S/c1-26(24,25)23-17-15(22-11-18(17,20)21)10-13-8-5-9-14(16(13)19)12-6-3-2-4-7-12/h2-9,15,17,22-23H,10-11H2,1H3/t15-,17+/m0/s1. The van der Waals surface area contributed by atoms with Crippen molar-refractivity contribution in [1.29, 1.82) is 0 Å². The molecule has 0 radical (unpaired) electrons. The minimum Gasteiger partial charge on any atom is -0.306 e. The molecule has 8 heteroatoms. The molecule has 4 nitrogen and oxygen atoms in total. The molecule has 0 aliphatic carbocycles. The van der Waals surface area contributed by atoms with Crippen molar-refractivity contribution in [2.75, 3.05) is 12.8 Å². The molecular weight excluding hydrogens is 365 g/mol. The van der Waals surface area contributed by atoms with Crippen LogP contribution >= 0.6 is 0 Å². The summed E-state index contributed by atoms with van der Waals surface area (Å²) < 4.78 is 67.9. The zero-order chi connectivity index (χ0) is 18.9. The van der Waals surface area contributed by atoms with Gasteiger partial charge < -0.3 is 5.32 Å². The minimum atomic E-state index is -3.83. The summed E-state index contributed by atoms with van der Waals surface area (Å²) in [5.74, 6) is -3.74. The van der Waals surface area contributed by atoms with Crippen LogP contribution in [0.5, 0.6) is 0 Å². The molecular formula is C18H19F3N2O2S. The molecule has 1 heterocycles. The Morgan fingerprint density at radius 2 is 1.85 bits per heavy atom. The first-order chi connectivity index (χ1) is 12.2. The van der Waals surface area contributed by atoms with Crippen LogP contribution in [0, 0.1) is 5.82 Å². The summed E-state index contributed by atoms with van der Waals surface area (Å²) in [6.07, 6.45) is 0.768. The SMILES string of the molecule is CS(=O)(=O)N[C@@H]1[C@H](Cc2cccc(-c3ccccc3)c2F)NCC1(F)F. The van der Waals surface area contributed by atoms with Crippen LogP contribution in [-0.4, -0.2) is 39.2 Å². The normalized spacial score (nSPS) is 22.5. The average molecular weight is 384 g/mol. The smallest absolute Gasteiger partial charge is 0.277 e. The van der Waals surface area contributed by atoms with E-state index in [1.807, 2.05) is 10.8 Å². The van der Waals surface area contributed by atoms with Gasteiger partial charge in [0.15, 0.2) is 0 Å². The molecule has 1 fully saturated rings. The van der Waals surface area contributed by atoms with E-state index in [1.54, 1.807) is 36.4 Å². The molecule has 1 saturated heterocycles. The molecule has 2 N–H and O–H groups in total. The van der Waals surface area contributed by atoms with Gasteiger partial charge in [0.1, 0.15) is 11.9 Å². The number of hydrogen-bond donors (Lipinski definition) is 2. The minimum absolute atomic E-state index is 0.0602. The molecule has 26 heavy (non-hydrogen) atoms. The summed E-state index contributed by atoms with van der Waals surface area (Å²) >= 11 is 0. The monoisotopic (exact) mass is 384 g/mol. The van der Waals surface area contributed by atoms with Crippen LogP contribution in [0.1, 0.15) is 5.56 Å². The molecule has 3 rings (SSSR count). The van der Waals surface area contributed by atoms with E-state index in [9.17, 15) is 21.6 Å². The predicted octanol–water partition coefficient (Wildman–Crippen LogP) is 2.56. The van der Waals surface area contributed by atoms with E-state index < -0.39 is 40.4 Å². The fraction of sp³-hybridized carbons (Fsp3) is 0.333. The lowest BCUT2D eigenvalue weighted by Crippen LogP contribution is -2.51. The van der Waals surface area contributed by atoms with E-state index in [0.717, 1.165) is 6.26 Å². The molecule has 2 atom stereocenters. The Labute approximate surface area is 150 Å². The number of rotatable bonds is 5. The molecule has 140 valence electrons. The highest BCUT2D eigenvalue weighted by molar-refractivity contribution is 7.88. The molecule has 2 aromatic rings. The van der Waals surface area contributed by atoms with Crippen LogP contribution in [0.15, 0.2) is 48.5 Å². The maximum atomic E-state index is 14.9. The first kappa shape index (κ1) is 18.9. The highest BCUT2D eigenvalue weighted by Gasteiger charge is 2.51. The Kier molecular flexibility index (Phi) is 5.09. The zero-order valence-electron chi connectivity index (χ0n) is 14.0. The Balaban J connectivity index is 1.89. The van der Waals surface area contributed by atoms with E-state index in [0.29, 0.717) is 11.1 Å². The van der Waals surface area contributed by atoms with Gasteiger partial charge in [0, 0.05) is 11.6 Å². The molecule has 0 aromatic heterocycles. The molecule has 0 unspecified atom stereocenters. The Bertz CT molecular complexity index is 889. The van der Waals surface area contributed by atoms with Crippen LogP contribution in [-0.2, 0) is 16.4 Å². The van der Waals surface area contributed by atoms with E-state index in [2.05, 4.69) is 5.32 Å². The van der Waals surface area contributed by atoms with E-state index in [4.69, 9.17) is 0 Å². The zero-order valence-corrected chi connectivity index (χ0v) is 14.9. The lowest BCUT2D eigenvalue weighted by Gasteiger charge is -2.24. The third-order valence-electron chi connectivity index (χ3n) is 4.40. The molecule has 0 saturated carbocycles. The Morgan fingerprint density at radius 1 is 1.15 bits per heavy atom. The first-order valence-electron chi connectivity index (χ1n) is 8.09. The number of benzene rings is 2. The number of halogens is 3. The van der Waals surface area contributed by atoms with E-state index in [-0.39, 0.29) is 12.0 Å². The lowest BCUT2D eigenvalue weighted by molar-refractivity contribution is -0.000840. The molecule has 1 aliphatic heterocycles. The van der Waals surface area contributed by atoms with Crippen LogP contribution in [0.2, 0.25) is 0 Å². The largest absolute Gasteiger partial charge is 0.306 e. The van der Waals surface area contributed by atoms with Gasteiger partial charge in [-0.2, -0.15) is 0 Å². The molecule has 0 bridgehead atoms. The quantitative estimate of drug-likeness (QED) is 0.833. The van der Waals surface area contributed by atoms with Gasteiger partial charge in [-0.05, 0) is 17.5 Å². The van der Waals surface area contributed by atoms with Crippen LogP contribution in [0.4, 0.5) is 13.2 Å². The Morgan fingerprint density at radius 3 is 2.50 bits per heavy atom. The van der Waals surface area contributed by atoms with Crippen molar-refractivity contribution in [1.82, 2.24) is 10.0 Å². The maximum Gasteiger partial charge on any atom is 0.277 e. The number of hydrogen-bond acceptors (Lipinski definition) is 3. The van der Waals surface area contributed by atoms with E-state index in [1.165, 1.54) is 6.07 Å². The van der Waals surface area contributed by atoms with Gasteiger partial charge in [-0.15, -0.1) is 0 Å². The van der Waals surface area contributed by atoms with Gasteiger partial charge in [0.25, 0.3) is 5.92 Å². The van der Waals surface area contributed by atoms with Crippen molar-refractivity contribution in [2.24, 2.45) is 0 Å². The van der Waals surface area contributed by atoms with Crippen molar-refractivity contribution >= 4 is 10.0 Å². The van der Waals surface area contributed by atoms with Crippen molar-refractivity contribution in [2.45, 2.75) is 24.4 Å². The van der Waals surface area contributed by atoms with Crippen molar-refractivity contribution < 1.29 is 21.6 Å². The maximum absolute atomic E-state index is 14.9. The molecule has 0 spiro atoms. The topological polar surface area (TPSA) is 58.2 Å². The predicted molar refractivity (Wildman–Crippen MR) is 94.0 cm³/mol. The average Bonchev–Trinajstić information content (AvgIpc) is 2.84. The highest BCUT2D eigenvalue weighted by atomic mass is 32.2. The molecule has 2 aromatic carbocycles. The molecule has 0 amide bonds. The van der Waals surface area contributed by atoms with E-state index >= 15 is 0 Å². The summed E-state index contributed by atoms with van der Waals surface area (Å²) in [7, 11) is -3.83. The highest BCUT2D eigenvalue weighted by Crippen LogP contribution is 2.31. The second-order valence-corrected chi connectivity index (χ2v) is 8.24. The summed E-state index contributed by atoms with van der Waals surface area (Å²) in [4.78, 5) is 0. The summed E-state index contributed by atoms with van der Waals surface area (Å²) in [5, 5.41) is 2.61. The summed E-state index contributed by atoms with van der Waals surface area (Å²) in [6.45, 7) is -0.662. The van der Waals surface area contributed by atoms with Gasteiger partial charge in [0.2, 0.25) is 10.0 Å². The second-order valence-electron chi connectivity index (χ2n) is 6.46. The number of nitrogens with one attached hydrogen (secondary N) is 2. The van der Waals surface area contributed by atoms with Crippen LogP contribution < -0.4 is 10.0 Å². The number of alkyl halides is 2. The van der Waals surface area contributed by atoms with Crippen molar-refractivity contribution in [3.05, 3.63) is 59.9 Å². The fourth-order valence-electron chi connectivity index (χ4n) is 3.19. The lowest BCUT2D eigenvalue weighted by atomic mass is 9.96.